The molecule has 340 valence electrons. The number of hydrogen-bond donors (Lipinski definition) is 2. The number of nitrogens with zero attached hydrogens (tertiary/aromatic N) is 10. The molecular weight excluding hydrogens is 915 g/mol. The predicted octanol–water partition coefficient (Wildman–Crippen LogP) is 6.17. The highest BCUT2D eigenvalue weighted by Crippen LogP contribution is 2.39. The molecule has 8 rings (SSSR count). The molecule has 65 heavy (non-hydrogen) atoms. The zero-order chi connectivity index (χ0) is 45.8. The maximum atomic E-state index is 13.5. The summed E-state index contributed by atoms with van der Waals surface area (Å²) in [6.07, 6.45) is 0.697. The molecule has 2 saturated heterocycles. The van der Waals surface area contributed by atoms with E-state index in [4.69, 9.17) is 49.3 Å². The minimum Gasteiger partial charge on any atom is -0.377 e. The lowest BCUT2D eigenvalue weighted by molar-refractivity contribution is -0.138. The smallest absolute Gasteiger partial charge is 0.272 e. The number of ether oxygens (including phenoxy) is 2. The zero-order valence-corrected chi connectivity index (χ0v) is 39.3. The van der Waals surface area contributed by atoms with Crippen molar-refractivity contribution in [3.63, 3.8) is 0 Å². The van der Waals surface area contributed by atoms with Gasteiger partial charge in [-0.2, -0.15) is 0 Å². The van der Waals surface area contributed by atoms with E-state index in [1.165, 1.54) is 4.88 Å². The molecule has 0 radical (unpaired) electrons. The molecule has 17 nitrogen and oxygen atoms in total. The number of amides is 3. The third kappa shape index (κ3) is 10.6. The maximum absolute atomic E-state index is 13.5. The molecule has 5 aromatic rings. The molecule has 0 spiro atoms. The number of carbonyl (C=O) groups is 3. The normalized spacial score (nSPS) is 16.5. The minimum atomic E-state index is -0.580. The molecule has 0 unspecified atom stereocenters. The van der Waals surface area contributed by atoms with E-state index >= 15 is 0 Å². The number of rotatable bonds is 14. The number of halogens is 3. The number of nitrogens with one attached hydrogen (secondary N) is 2. The van der Waals surface area contributed by atoms with Gasteiger partial charge in [0.1, 0.15) is 40.8 Å². The van der Waals surface area contributed by atoms with Crippen LogP contribution in [0.3, 0.4) is 0 Å². The van der Waals surface area contributed by atoms with Crippen LogP contribution in [0.25, 0.3) is 5.00 Å². The van der Waals surface area contributed by atoms with Crippen LogP contribution in [0.1, 0.15) is 68.4 Å². The zero-order valence-electron chi connectivity index (χ0n) is 36.2. The summed E-state index contributed by atoms with van der Waals surface area (Å²) in [4.78, 5) is 62.8. The lowest BCUT2D eigenvalue weighted by Crippen LogP contribution is -2.51. The Morgan fingerprint density at radius 1 is 0.877 bits per heavy atom. The average Bonchev–Trinajstić information content (AvgIpc) is 3.97. The van der Waals surface area contributed by atoms with Gasteiger partial charge >= 0.3 is 0 Å². The van der Waals surface area contributed by atoms with Gasteiger partial charge in [0.05, 0.1) is 47.7 Å². The molecule has 2 fully saturated rings. The number of aromatic nitrogens is 5. The predicted molar refractivity (Wildman–Crippen MR) is 250 cm³/mol. The Hall–Kier alpha value is -5.50. The monoisotopic (exact) mass is 960 g/mol. The van der Waals surface area contributed by atoms with E-state index < -0.39 is 6.04 Å². The molecular formula is C44H47Cl3N12O5S. The highest BCUT2D eigenvalue weighted by atomic mass is 35.5. The number of aryl methyl sites for hydroxylation is 3. The first-order chi connectivity index (χ1) is 31.3. The fourth-order valence-corrected chi connectivity index (χ4v) is 9.34. The first kappa shape index (κ1) is 46.0. The summed E-state index contributed by atoms with van der Waals surface area (Å²) in [6.45, 7) is 10.7. The fourth-order valence-electron chi connectivity index (χ4n) is 7.70. The summed E-state index contributed by atoms with van der Waals surface area (Å²) >= 11 is 20.2. The van der Waals surface area contributed by atoms with E-state index in [9.17, 15) is 14.4 Å². The highest BCUT2D eigenvalue weighted by Gasteiger charge is 2.33. The van der Waals surface area contributed by atoms with Crippen LogP contribution < -0.4 is 15.8 Å². The van der Waals surface area contributed by atoms with Gasteiger partial charge in [0, 0.05) is 72.8 Å². The van der Waals surface area contributed by atoms with Crippen LogP contribution >= 0.6 is 46.1 Å². The lowest BCUT2D eigenvalue weighted by atomic mass is 9.99. The third-order valence-electron chi connectivity index (χ3n) is 11.2. The second-order valence-electron chi connectivity index (χ2n) is 15.6. The van der Waals surface area contributed by atoms with Crippen molar-refractivity contribution in [2.24, 2.45) is 9.98 Å². The van der Waals surface area contributed by atoms with Crippen molar-refractivity contribution in [3.05, 3.63) is 108 Å². The summed E-state index contributed by atoms with van der Waals surface area (Å²) in [6, 6.07) is 13.9. The minimum absolute atomic E-state index is 0.0633. The Morgan fingerprint density at radius 2 is 1.63 bits per heavy atom. The van der Waals surface area contributed by atoms with E-state index in [2.05, 4.69) is 49.7 Å². The lowest BCUT2D eigenvalue weighted by Gasteiger charge is -2.34. The second-order valence-corrected chi connectivity index (χ2v) is 18.1. The van der Waals surface area contributed by atoms with Gasteiger partial charge in [-0.15, -0.1) is 21.5 Å². The van der Waals surface area contributed by atoms with Gasteiger partial charge in [-0.05, 0) is 63.6 Å². The van der Waals surface area contributed by atoms with E-state index in [1.54, 1.807) is 46.3 Å². The van der Waals surface area contributed by atoms with Crippen molar-refractivity contribution in [1.29, 1.82) is 0 Å². The van der Waals surface area contributed by atoms with Crippen LogP contribution in [-0.4, -0.2) is 129 Å². The fraction of sp³-hybridized carbons (Fsp3) is 0.386. The van der Waals surface area contributed by atoms with Crippen molar-refractivity contribution in [1.82, 2.24) is 45.3 Å². The number of amidine groups is 1. The number of carbonyl (C=O) groups excluding carboxylic acids is 3. The number of aliphatic imine (C=N–C) groups is 2. The van der Waals surface area contributed by atoms with Crippen molar-refractivity contribution in [3.8, 4) is 5.00 Å². The summed E-state index contributed by atoms with van der Waals surface area (Å²) < 4.78 is 13.3. The number of piperazine rings is 1. The topological polar surface area (TPSA) is 185 Å². The summed E-state index contributed by atoms with van der Waals surface area (Å²) in [7, 11) is 0. The van der Waals surface area contributed by atoms with E-state index in [1.807, 2.05) is 46.8 Å². The largest absolute Gasteiger partial charge is 0.377 e. The van der Waals surface area contributed by atoms with Crippen LogP contribution in [0.5, 0.6) is 0 Å². The second kappa shape index (κ2) is 20.3. The molecule has 2 N–H and O–H groups in total. The molecule has 21 heteroatoms. The Labute approximate surface area is 394 Å². The molecule has 3 aromatic heterocycles. The Morgan fingerprint density at radius 3 is 2.40 bits per heavy atom. The van der Waals surface area contributed by atoms with Crippen LogP contribution in [0, 0.1) is 27.7 Å². The molecule has 3 amide bonds. The van der Waals surface area contributed by atoms with E-state index in [0.717, 1.165) is 38.9 Å². The van der Waals surface area contributed by atoms with Crippen molar-refractivity contribution in [2.75, 3.05) is 70.7 Å². The number of anilines is 1. The highest BCUT2D eigenvalue weighted by molar-refractivity contribution is 7.15. The standard InChI is InChI=1S/C44H47Cl3N12O5S/c1-25-26(2)65-44-40(25)41(29-5-7-30(45)8-6-29)51-34(42-54-53-28(4)59(42)44)23-38(60)48-12-18-63-19-20-64-24-39(61)56-14-16-57(17-15-56)43(62)35-22-37(50-27(3)49-35)52-36-11-13-58(55-36)31-9-10-32(46)33(47)21-31/h5-10,21-22,34H,11-20,23-24H2,1-4H3,(H,48,60)(H,49,50,52,55)/t34-/m0/s1. The van der Waals surface area contributed by atoms with Gasteiger partial charge in [-0.1, -0.05) is 46.9 Å². The average molecular weight is 962 g/mol. The first-order valence-corrected chi connectivity index (χ1v) is 23.1. The van der Waals surface area contributed by atoms with Gasteiger partial charge in [-0.3, -0.25) is 34.4 Å². The number of hydrazine groups is 1. The molecule has 0 aliphatic carbocycles. The molecule has 3 aliphatic heterocycles. The van der Waals surface area contributed by atoms with Gasteiger partial charge in [0.15, 0.2) is 11.6 Å². The van der Waals surface area contributed by atoms with Gasteiger partial charge < -0.3 is 24.6 Å². The Balaban J connectivity index is 0.749. The Bertz CT molecular complexity index is 2660. The van der Waals surface area contributed by atoms with Gasteiger partial charge in [0.2, 0.25) is 11.8 Å². The van der Waals surface area contributed by atoms with E-state index in [0.29, 0.717) is 77.5 Å². The maximum Gasteiger partial charge on any atom is 0.272 e. The molecule has 2 aromatic carbocycles. The molecule has 0 bridgehead atoms. The third-order valence-corrected chi connectivity index (χ3v) is 13.3. The molecule has 3 aliphatic rings. The number of hydrogen-bond acceptors (Lipinski definition) is 13. The number of fused-ring (bicyclic) bond motifs is 3. The van der Waals surface area contributed by atoms with Crippen molar-refractivity contribution < 1.29 is 23.9 Å². The van der Waals surface area contributed by atoms with Crippen molar-refractivity contribution >= 4 is 86.9 Å². The number of benzene rings is 2. The summed E-state index contributed by atoms with van der Waals surface area (Å²) in [5, 5.41) is 16.2. The summed E-state index contributed by atoms with van der Waals surface area (Å²) in [5.41, 5.74) is 8.13. The molecule has 0 saturated carbocycles. The SMILES string of the molecule is Cc1nc(N=C2CCN(c3ccc(Cl)c(Cl)c3)N2)cc(C(=O)N2CCN(C(=O)COCCOCCNC(=O)C[C@@H]3N=C(c4ccc(Cl)cc4)c4c(sc(C)c4C)-n4c(C)nnc43)CC2)n1. The first-order valence-electron chi connectivity index (χ1n) is 21.1. The van der Waals surface area contributed by atoms with Crippen LogP contribution in [0.2, 0.25) is 15.1 Å². The van der Waals surface area contributed by atoms with Crippen LogP contribution in [-0.2, 0) is 19.1 Å². The molecule has 1 atom stereocenters. The van der Waals surface area contributed by atoms with Crippen molar-refractivity contribution in [2.45, 2.75) is 46.6 Å². The van der Waals surface area contributed by atoms with Gasteiger partial charge in [-0.25, -0.2) is 15.0 Å². The van der Waals surface area contributed by atoms with E-state index in [-0.39, 0.29) is 62.8 Å². The number of thiophene rings is 1. The molecule has 6 heterocycles. The Kier molecular flexibility index (Phi) is 14.4. The quantitative estimate of drug-likeness (QED) is 0.121. The van der Waals surface area contributed by atoms with Crippen LogP contribution in [0.15, 0.2) is 58.5 Å². The summed E-state index contributed by atoms with van der Waals surface area (Å²) in [5.74, 6) is 2.17. The van der Waals surface area contributed by atoms with Crippen LogP contribution in [0.4, 0.5) is 11.5 Å². The van der Waals surface area contributed by atoms with Gasteiger partial charge in [0.25, 0.3) is 5.91 Å².